The lowest BCUT2D eigenvalue weighted by Gasteiger charge is -2.38. The van der Waals surface area contributed by atoms with Crippen molar-refractivity contribution in [3.05, 3.63) is 66.2 Å². The maximum absolute atomic E-state index is 12.7. The number of hydrogen-bond acceptors (Lipinski definition) is 7. The van der Waals surface area contributed by atoms with Gasteiger partial charge in [-0.1, -0.05) is 55.5 Å². The van der Waals surface area contributed by atoms with Gasteiger partial charge in [-0.05, 0) is 43.0 Å². The van der Waals surface area contributed by atoms with Crippen LogP contribution in [-0.4, -0.2) is 86.2 Å². The molecule has 3 N–H and O–H groups in total. The maximum atomic E-state index is 12.7. The van der Waals surface area contributed by atoms with Crippen LogP contribution in [0.3, 0.4) is 0 Å². The third-order valence-electron chi connectivity index (χ3n) is 7.13. The van der Waals surface area contributed by atoms with Crippen molar-refractivity contribution >= 4 is 15.9 Å². The summed E-state index contributed by atoms with van der Waals surface area (Å²) in [6, 6.07) is 16.7. The Kier molecular flexibility index (Phi) is 9.20. The van der Waals surface area contributed by atoms with E-state index in [4.69, 9.17) is 9.47 Å². The molecule has 0 spiro atoms. The number of aliphatic hydroxyl groups excluding tert-OH is 1. The first-order valence-electron chi connectivity index (χ1n) is 12.7. The molecule has 202 valence electrons. The molecule has 2 saturated heterocycles. The Hall–Kier alpha value is -2.50. The Morgan fingerprint density at radius 1 is 1.08 bits per heavy atom. The molecule has 2 fully saturated rings. The van der Waals surface area contributed by atoms with Crippen LogP contribution >= 0.6 is 0 Å². The van der Waals surface area contributed by atoms with Gasteiger partial charge in [-0.2, -0.15) is 0 Å². The van der Waals surface area contributed by atoms with Crippen molar-refractivity contribution in [2.75, 3.05) is 32.1 Å². The fourth-order valence-electron chi connectivity index (χ4n) is 5.31. The van der Waals surface area contributed by atoms with Gasteiger partial charge in [0, 0.05) is 12.5 Å². The Labute approximate surface area is 218 Å². The lowest BCUT2D eigenvalue weighted by atomic mass is 9.93. The van der Waals surface area contributed by atoms with E-state index in [9.17, 15) is 23.4 Å². The molecule has 2 aromatic rings. The molecule has 4 rings (SSSR count). The number of carbonyl (C=O) groups is 1. The van der Waals surface area contributed by atoms with Gasteiger partial charge in [0.1, 0.15) is 0 Å². The highest BCUT2D eigenvalue weighted by atomic mass is 32.2. The van der Waals surface area contributed by atoms with E-state index < -0.39 is 40.4 Å². The molecule has 0 bridgehead atoms. The molecular formula is C27H36N2O7S. The molecule has 0 radical (unpaired) electrons. The van der Waals surface area contributed by atoms with Crippen LogP contribution in [-0.2, 0) is 25.7 Å². The molecule has 2 aromatic carbocycles. The van der Waals surface area contributed by atoms with E-state index in [1.807, 2.05) is 37.3 Å². The number of sulfone groups is 1. The number of amides is 1. The summed E-state index contributed by atoms with van der Waals surface area (Å²) in [5.74, 6) is -0.310. The highest BCUT2D eigenvalue weighted by Gasteiger charge is 2.48. The summed E-state index contributed by atoms with van der Waals surface area (Å²) in [4.78, 5) is 14.2. The Balaban J connectivity index is 1.42. The molecule has 6 atom stereocenters. The molecule has 0 aliphatic carbocycles. The predicted molar refractivity (Wildman–Crippen MR) is 138 cm³/mol. The molecule has 2 aliphatic rings. The highest BCUT2D eigenvalue weighted by Crippen LogP contribution is 2.36. The Bertz CT molecular complexity index is 1120. The average Bonchev–Trinajstić information content (AvgIpc) is 3.49. The number of fused-ring (bicyclic) bond motifs is 1. The van der Waals surface area contributed by atoms with Crippen LogP contribution in [0.1, 0.15) is 18.9 Å². The van der Waals surface area contributed by atoms with E-state index in [1.165, 1.54) is 4.90 Å². The quantitative estimate of drug-likeness (QED) is 0.381. The zero-order valence-corrected chi connectivity index (χ0v) is 21.8. The van der Waals surface area contributed by atoms with Crippen LogP contribution in [0.4, 0.5) is 4.79 Å². The minimum atomic E-state index is -3.43. The molecule has 10 heteroatoms. The Morgan fingerprint density at radius 2 is 1.76 bits per heavy atom. The zero-order chi connectivity index (χ0) is 26.4. The number of rotatable bonds is 12. The first kappa shape index (κ1) is 27.5. The molecular weight excluding hydrogens is 496 g/mol. The van der Waals surface area contributed by atoms with Crippen LogP contribution in [0.5, 0.6) is 0 Å². The van der Waals surface area contributed by atoms with E-state index in [1.54, 1.807) is 30.3 Å². The lowest BCUT2D eigenvalue weighted by Crippen LogP contribution is -2.57. The van der Waals surface area contributed by atoms with Crippen LogP contribution < -0.4 is 5.32 Å². The number of carboxylic acid groups (broad SMARTS) is 1. The minimum Gasteiger partial charge on any atom is -0.465 e. The summed E-state index contributed by atoms with van der Waals surface area (Å²) in [7, 11) is -3.43. The molecule has 9 nitrogen and oxygen atoms in total. The minimum absolute atomic E-state index is 0.0305. The van der Waals surface area contributed by atoms with E-state index >= 15 is 0 Å². The smallest absolute Gasteiger partial charge is 0.407 e. The van der Waals surface area contributed by atoms with Crippen LogP contribution in [0, 0.1) is 11.8 Å². The van der Waals surface area contributed by atoms with Crippen molar-refractivity contribution in [1.82, 2.24) is 10.2 Å². The van der Waals surface area contributed by atoms with Crippen molar-refractivity contribution in [2.45, 2.75) is 49.1 Å². The normalized spacial score (nSPS) is 23.8. The van der Waals surface area contributed by atoms with Gasteiger partial charge in [0.25, 0.3) is 0 Å². The summed E-state index contributed by atoms with van der Waals surface area (Å²) >= 11 is 0. The molecule has 1 amide bonds. The predicted octanol–water partition coefficient (Wildman–Crippen LogP) is 2.40. The number of ether oxygens (including phenoxy) is 2. The SMILES string of the molecule is CC(CNC[C@@H](O)[C@H](Cc1ccccc1)N(C(=O)O)[C@H]1CO[C@H]2OCC[C@H]21)CS(=O)(=O)c1ccccc1. The average molecular weight is 533 g/mol. The van der Waals surface area contributed by atoms with Crippen molar-refractivity contribution in [1.29, 1.82) is 0 Å². The topological polar surface area (TPSA) is 125 Å². The second-order valence-corrected chi connectivity index (χ2v) is 12.0. The number of nitrogens with one attached hydrogen (secondary N) is 1. The van der Waals surface area contributed by atoms with Crippen molar-refractivity contribution in [3.8, 4) is 0 Å². The van der Waals surface area contributed by atoms with E-state index in [0.717, 1.165) is 5.56 Å². The van der Waals surface area contributed by atoms with E-state index in [2.05, 4.69) is 5.32 Å². The van der Waals surface area contributed by atoms with Crippen molar-refractivity contribution < 1.29 is 32.9 Å². The summed E-state index contributed by atoms with van der Waals surface area (Å²) in [5, 5.41) is 24.7. The largest absolute Gasteiger partial charge is 0.465 e. The number of hydrogen-bond donors (Lipinski definition) is 3. The first-order chi connectivity index (χ1) is 17.8. The highest BCUT2D eigenvalue weighted by molar-refractivity contribution is 7.91. The summed E-state index contributed by atoms with van der Waals surface area (Å²) in [6.45, 7) is 3.06. The Morgan fingerprint density at radius 3 is 2.43 bits per heavy atom. The summed E-state index contributed by atoms with van der Waals surface area (Å²) < 4.78 is 36.7. The van der Waals surface area contributed by atoms with Crippen molar-refractivity contribution in [3.63, 3.8) is 0 Å². The van der Waals surface area contributed by atoms with Gasteiger partial charge in [-0.25, -0.2) is 13.2 Å². The number of aliphatic hydroxyl groups is 1. The molecule has 0 aromatic heterocycles. The molecule has 37 heavy (non-hydrogen) atoms. The monoisotopic (exact) mass is 532 g/mol. The standard InChI is InChI=1S/C27H36N2O7S/c1-19(18-37(33,34)21-10-6-3-7-11-21)15-28-16-25(30)23(14-20-8-4-2-5-9-20)29(27(31)32)24-17-36-26-22(24)12-13-35-26/h2-11,19,22-26,28,30H,12-18H2,1H3,(H,31,32)/t19?,22-,23-,24-,25+,26+/m0/s1. The van der Waals surface area contributed by atoms with Gasteiger partial charge in [0.05, 0.1) is 42.0 Å². The second-order valence-electron chi connectivity index (χ2n) is 9.96. The number of nitrogens with zero attached hydrogens (tertiary/aromatic N) is 1. The van der Waals surface area contributed by atoms with Crippen LogP contribution in [0.25, 0.3) is 0 Å². The summed E-state index contributed by atoms with van der Waals surface area (Å²) in [5.41, 5.74) is 0.915. The molecule has 1 unspecified atom stereocenters. The van der Waals surface area contributed by atoms with Gasteiger partial charge < -0.3 is 25.0 Å². The van der Waals surface area contributed by atoms with E-state index in [0.29, 0.717) is 26.0 Å². The van der Waals surface area contributed by atoms with Gasteiger partial charge >= 0.3 is 6.09 Å². The number of benzene rings is 2. The molecule has 2 aliphatic heterocycles. The van der Waals surface area contributed by atoms with Crippen LogP contribution in [0.15, 0.2) is 65.6 Å². The molecule has 0 saturated carbocycles. The van der Waals surface area contributed by atoms with Gasteiger partial charge in [-0.3, -0.25) is 4.90 Å². The maximum Gasteiger partial charge on any atom is 0.407 e. The summed E-state index contributed by atoms with van der Waals surface area (Å²) in [6.07, 6.45) is -1.49. The zero-order valence-electron chi connectivity index (χ0n) is 21.0. The van der Waals surface area contributed by atoms with Crippen molar-refractivity contribution in [2.24, 2.45) is 11.8 Å². The van der Waals surface area contributed by atoms with Gasteiger partial charge in [-0.15, -0.1) is 0 Å². The second kappa shape index (κ2) is 12.4. The molecule has 2 heterocycles. The fraction of sp³-hybridized carbons (Fsp3) is 0.519. The third-order valence-corrected chi connectivity index (χ3v) is 9.13. The first-order valence-corrected chi connectivity index (χ1v) is 14.4. The third kappa shape index (κ3) is 6.88. The van der Waals surface area contributed by atoms with Crippen LogP contribution in [0.2, 0.25) is 0 Å². The lowest BCUT2D eigenvalue weighted by molar-refractivity contribution is -0.0906. The van der Waals surface area contributed by atoms with Gasteiger partial charge in [0.2, 0.25) is 0 Å². The fourth-order valence-corrected chi connectivity index (χ4v) is 6.94. The van der Waals surface area contributed by atoms with E-state index in [-0.39, 0.29) is 35.6 Å². The van der Waals surface area contributed by atoms with Gasteiger partial charge in [0.15, 0.2) is 16.1 Å².